The van der Waals surface area contributed by atoms with Crippen molar-refractivity contribution in [3.8, 4) is 5.75 Å². The van der Waals surface area contributed by atoms with E-state index in [4.69, 9.17) is 4.74 Å². The molecule has 0 radical (unpaired) electrons. The van der Waals surface area contributed by atoms with E-state index in [-0.39, 0.29) is 11.3 Å². The fourth-order valence-corrected chi connectivity index (χ4v) is 2.52. The van der Waals surface area contributed by atoms with Gasteiger partial charge in [0, 0.05) is 10.0 Å². The van der Waals surface area contributed by atoms with Crippen molar-refractivity contribution in [1.29, 1.82) is 0 Å². The Labute approximate surface area is 146 Å². The number of hydrogen-bond donors (Lipinski definition) is 1. The average Bonchev–Trinajstić information content (AvgIpc) is 2.51. The Kier molecular flexibility index (Phi) is 5.83. The molecule has 0 aliphatic carbocycles. The molecule has 122 valence electrons. The van der Waals surface area contributed by atoms with E-state index in [2.05, 4.69) is 54.2 Å². The molecule has 0 aromatic heterocycles. The van der Waals surface area contributed by atoms with E-state index in [1.807, 2.05) is 24.3 Å². The van der Waals surface area contributed by atoms with Gasteiger partial charge in [-0.3, -0.25) is 4.79 Å². The molecule has 0 saturated heterocycles. The zero-order valence-electron chi connectivity index (χ0n) is 13.7. The molecule has 0 saturated carbocycles. The molecule has 0 unspecified atom stereocenters. The summed E-state index contributed by atoms with van der Waals surface area (Å²) >= 11 is 3.36. The van der Waals surface area contributed by atoms with E-state index in [0.29, 0.717) is 18.7 Å². The maximum atomic E-state index is 12.0. The van der Waals surface area contributed by atoms with Gasteiger partial charge in [-0.15, -0.1) is 0 Å². The molecule has 0 fully saturated rings. The average molecular weight is 376 g/mol. The van der Waals surface area contributed by atoms with Crippen molar-refractivity contribution in [1.82, 2.24) is 5.32 Å². The van der Waals surface area contributed by atoms with Crippen molar-refractivity contribution >= 4 is 21.8 Å². The van der Waals surface area contributed by atoms with Crippen LogP contribution >= 0.6 is 15.9 Å². The molecule has 0 bridgehead atoms. The first-order valence-corrected chi connectivity index (χ1v) is 8.43. The quantitative estimate of drug-likeness (QED) is 0.778. The second-order valence-corrected chi connectivity index (χ2v) is 7.31. The number of halogens is 1. The number of ether oxygens (including phenoxy) is 1. The summed E-state index contributed by atoms with van der Waals surface area (Å²) in [4.78, 5) is 12.0. The van der Waals surface area contributed by atoms with Gasteiger partial charge < -0.3 is 10.1 Å². The van der Waals surface area contributed by atoms with Crippen molar-refractivity contribution in [2.75, 3.05) is 13.2 Å². The monoisotopic (exact) mass is 375 g/mol. The highest BCUT2D eigenvalue weighted by molar-refractivity contribution is 9.10. The molecule has 3 nitrogen and oxygen atoms in total. The van der Waals surface area contributed by atoms with E-state index in [1.54, 1.807) is 12.1 Å². The molecule has 2 aromatic rings. The highest BCUT2D eigenvalue weighted by Gasteiger charge is 2.13. The zero-order chi connectivity index (χ0) is 16.9. The van der Waals surface area contributed by atoms with Gasteiger partial charge >= 0.3 is 0 Å². The first kappa shape index (κ1) is 17.5. The number of hydrogen-bond acceptors (Lipinski definition) is 2. The number of carbonyl (C=O) groups excluding carboxylic acids is 1. The highest BCUT2D eigenvalue weighted by Crippen LogP contribution is 2.25. The van der Waals surface area contributed by atoms with Gasteiger partial charge in [0.1, 0.15) is 12.4 Å². The number of benzene rings is 2. The SMILES string of the molecule is CC(C)(C)c1cccc(OCCNC(=O)c2cccc(Br)c2)c1. The van der Waals surface area contributed by atoms with Gasteiger partial charge in [0.2, 0.25) is 0 Å². The maximum Gasteiger partial charge on any atom is 0.251 e. The largest absolute Gasteiger partial charge is 0.492 e. The van der Waals surface area contributed by atoms with Crippen molar-refractivity contribution in [2.24, 2.45) is 0 Å². The summed E-state index contributed by atoms with van der Waals surface area (Å²) in [7, 11) is 0. The van der Waals surface area contributed by atoms with E-state index >= 15 is 0 Å². The third-order valence-electron chi connectivity index (χ3n) is 3.44. The predicted molar refractivity (Wildman–Crippen MR) is 97.1 cm³/mol. The zero-order valence-corrected chi connectivity index (χ0v) is 15.3. The Morgan fingerprint density at radius 3 is 2.57 bits per heavy atom. The smallest absolute Gasteiger partial charge is 0.251 e. The molecule has 2 aromatic carbocycles. The molecule has 0 atom stereocenters. The van der Waals surface area contributed by atoms with Gasteiger partial charge in [0.25, 0.3) is 5.91 Å². The van der Waals surface area contributed by atoms with Gasteiger partial charge in [-0.2, -0.15) is 0 Å². The summed E-state index contributed by atoms with van der Waals surface area (Å²) < 4.78 is 6.62. The topological polar surface area (TPSA) is 38.3 Å². The Hall–Kier alpha value is -1.81. The fraction of sp³-hybridized carbons (Fsp3) is 0.316. The van der Waals surface area contributed by atoms with Crippen LogP contribution in [0.25, 0.3) is 0 Å². The lowest BCUT2D eigenvalue weighted by Crippen LogP contribution is -2.28. The molecular weight excluding hydrogens is 354 g/mol. The Balaban J connectivity index is 1.83. The van der Waals surface area contributed by atoms with Crippen LogP contribution in [0.15, 0.2) is 53.0 Å². The third kappa shape index (κ3) is 5.39. The molecule has 1 N–H and O–H groups in total. The summed E-state index contributed by atoms with van der Waals surface area (Å²) in [5, 5.41) is 2.86. The first-order valence-electron chi connectivity index (χ1n) is 7.63. The molecule has 0 aliphatic rings. The van der Waals surface area contributed by atoms with Crippen LogP contribution in [-0.4, -0.2) is 19.1 Å². The summed E-state index contributed by atoms with van der Waals surface area (Å²) in [6, 6.07) is 15.4. The first-order chi connectivity index (χ1) is 10.9. The minimum absolute atomic E-state index is 0.0915. The van der Waals surface area contributed by atoms with Crippen LogP contribution in [0.3, 0.4) is 0 Å². The van der Waals surface area contributed by atoms with Gasteiger partial charge in [-0.1, -0.05) is 54.9 Å². The van der Waals surface area contributed by atoms with Crippen LogP contribution < -0.4 is 10.1 Å². The van der Waals surface area contributed by atoms with Gasteiger partial charge in [0.15, 0.2) is 0 Å². The minimum Gasteiger partial charge on any atom is -0.492 e. The van der Waals surface area contributed by atoms with E-state index in [9.17, 15) is 4.79 Å². The predicted octanol–water partition coefficient (Wildman–Crippen LogP) is 4.56. The van der Waals surface area contributed by atoms with Gasteiger partial charge in [-0.25, -0.2) is 0 Å². The number of rotatable bonds is 5. The van der Waals surface area contributed by atoms with E-state index in [1.165, 1.54) is 5.56 Å². The number of amides is 1. The minimum atomic E-state index is -0.0988. The van der Waals surface area contributed by atoms with Crippen LogP contribution in [0, 0.1) is 0 Å². The fourth-order valence-electron chi connectivity index (χ4n) is 2.12. The normalized spacial score (nSPS) is 11.1. The molecule has 1 amide bonds. The molecular formula is C19H22BrNO2. The lowest BCUT2D eigenvalue weighted by Gasteiger charge is -2.19. The Bertz CT molecular complexity index is 677. The lowest BCUT2D eigenvalue weighted by atomic mass is 9.87. The molecule has 0 aliphatic heterocycles. The maximum absolute atomic E-state index is 12.0. The van der Waals surface area contributed by atoms with Crippen LogP contribution in [0.5, 0.6) is 5.75 Å². The third-order valence-corrected chi connectivity index (χ3v) is 3.94. The van der Waals surface area contributed by atoms with Crippen molar-refractivity contribution in [3.63, 3.8) is 0 Å². The van der Waals surface area contributed by atoms with Crippen molar-refractivity contribution < 1.29 is 9.53 Å². The van der Waals surface area contributed by atoms with E-state index < -0.39 is 0 Å². The molecule has 23 heavy (non-hydrogen) atoms. The van der Waals surface area contributed by atoms with Crippen molar-refractivity contribution in [3.05, 3.63) is 64.1 Å². The summed E-state index contributed by atoms with van der Waals surface area (Å²) in [5.74, 6) is 0.729. The molecule has 4 heteroatoms. The highest BCUT2D eigenvalue weighted by atomic mass is 79.9. The summed E-state index contributed by atoms with van der Waals surface area (Å²) in [6.07, 6.45) is 0. The number of carbonyl (C=O) groups is 1. The molecule has 0 heterocycles. The van der Waals surface area contributed by atoms with Crippen molar-refractivity contribution in [2.45, 2.75) is 26.2 Å². The summed E-state index contributed by atoms with van der Waals surface area (Å²) in [6.45, 7) is 7.41. The second-order valence-electron chi connectivity index (χ2n) is 6.39. The summed E-state index contributed by atoms with van der Waals surface area (Å²) in [5.41, 5.74) is 1.95. The van der Waals surface area contributed by atoms with Crippen LogP contribution in [0.2, 0.25) is 0 Å². The standard InChI is InChI=1S/C19H22BrNO2/c1-19(2,3)15-7-5-9-17(13-15)23-11-10-21-18(22)14-6-4-8-16(20)12-14/h4-9,12-13H,10-11H2,1-3H3,(H,21,22). The van der Waals surface area contributed by atoms with E-state index in [0.717, 1.165) is 10.2 Å². The second kappa shape index (κ2) is 7.64. The Morgan fingerprint density at radius 1 is 1.13 bits per heavy atom. The van der Waals surface area contributed by atoms with Crippen LogP contribution in [0.4, 0.5) is 0 Å². The van der Waals surface area contributed by atoms with Gasteiger partial charge in [-0.05, 0) is 41.3 Å². The molecule has 0 spiro atoms. The van der Waals surface area contributed by atoms with Crippen LogP contribution in [-0.2, 0) is 5.41 Å². The Morgan fingerprint density at radius 2 is 1.87 bits per heavy atom. The van der Waals surface area contributed by atoms with Crippen LogP contribution in [0.1, 0.15) is 36.7 Å². The molecule has 2 rings (SSSR count). The van der Waals surface area contributed by atoms with Gasteiger partial charge in [0.05, 0.1) is 6.54 Å². The lowest BCUT2D eigenvalue weighted by molar-refractivity contribution is 0.0947. The number of nitrogens with one attached hydrogen (secondary N) is 1.